The van der Waals surface area contributed by atoms with Crippen molar-refractivity contribution < 1.29 is 25.2 Å². The molecule has 0 spiro atoms. The van der Waals surface area contributed by atoms with E-state index in [0.717, 1.165) is 72.8 Å². The molecule has 57 heavy (non-hydrogen) atoms. The molecule has 1 aliphatic heterocycles. The molecule has 5 nitrogen and oxygen atoms in total. The normalized spacial score (nSPS) is 13.5. The van der Waals surface area contributed by atoms with Crippen molar-refractivity contribution in [2.24, 2.45) is 0 Å². The first kappa shape index (κ1) is 34.6. The molecule has 1 aliphatic rings. The van der Waals surface area contributed by atoms with Crippen LogP contribution in [0.25, 0.3) is 38.8 Å². The summed E-state index contributed by atoms with van der Waals surface area (Å²) in [6, 6.07) is 51.7. The maximum Gasteiger partial charge on any atom is 2.00 e. The van der Waals surface area contributed by atoms with Crippen molar-refractivity contribution in [3.63, 3.8) is 0 Å². The van der Waals surface area contributed by atoms with Gasteiger partial charge in [-0.05, 0) is 94.8 Å². The van der Waals surface area contributed by atoms with Crippen molar-refractivity contribution in [3.8, 4) is 16.9 Å². The molecule has 0 saturated heterocycles. The number of pyridine rings is 1. The van der Waals surface area contributed by atoms with Gasteiger partial charge in [0.25, 0.3) is 0 Å². The molecule has 0 unspecified atom stereocenters. The first-order chi connectivity index (χ1) is 28.4. The molecule has 2 aromatic heterocycles. The van der Waals surface area contributed by atoms with Gasteiger partial charge < -0.3 is 19.3 Å². The summed E-state index contributed by atoms with van der Waals surface area (Å²) in [4.78, 5) is 10.8. The first-order valence-corrected chi connectivity index (χ1v) is 19.5. The van der Waals surface area contributed by atoms with Gasteiger partial charge in [-0.1, -0.05) is 117 Å². The molecule has 0 radical (unpaired) electrons. The Morgan fingerprint density at radius 2 is 1.35 bits per heavy atom. The Hall–Kier alpha value is -5.64. The van der Waals surface area contributed by atoms with E-state index in [2.05, 4.69) is 154 Å². The Morgan fingerprint density at radius 3 is 2.09 bits per heavy atom. The van der Waals surface area contributed by atoms with Crippen LogP contribution in [0.1, 0.15) is 65.9 Å². The minimum absolute atomic E-state index is 0. The van der Waals surface area contributed by atoms with E-state index >= 15 is 0 Å². The van der Waals surface area contributed by atoms with Gasteiger partial charge in [-0.25, -0.2) is 4.98 Å². The molecule has 286 valence electrons. The molecular formula is C51H47N5Pt. The zero-order valence-corrected chi connectivity index (χ0v) is 35.4. The van der Waals surface area contributed by atoms with Crippen molar-refractivity contribution in [3.05, 3.63) is 168 Å². The summed E-state index contributed by atoms with van der Waals surface area (Å²) in [6.45, 7) is 11.2. The van der Waals surface area contributed by atoms with Crippen LogP contribution < -0.4 is 14.7 Å². The molecule has 0 fully saturated rings. The van der Waals surface area contributed by atoms with Crippen LogP contribution in [0.3, 0.4) is 0 Å². The number of nitrogens with zero attached hydrogens (tertiary/aromatic N) is 5. The van der Waals surface area contributed by atoms with E-state index in [9.17, 15) is 0 Å². The summed E-state index contributed by atoms with van der Waals surface area (Å²) in [5, 5.41) is 2.21. The van der Waals surface area contributed by atoms with Crippen molar-refractivity contribution in [1.29, 1.82) is 0 Å². The van der Waals surface area contributed by atoms with Gasteiger partial charge in [-0.2, -0.15) is 12.1 Å². The Morgan fingerprint density at radius 1 is 0.684 bits per heavy atom. The van der Waals surface area contributed by atoms with E-state index in [0.29, 0.717) is 17.5 Å². The smallest absolute Gasteiger partial charge is 0.358 e. The molecule has 3 heterocycles. The fourth-order valence-corrected chi connectivity index (χ4v) is 8.51. The van der Waals surface area contributed by atoms with E-state index in [-0.39, 0.29) is 27.7 Å². The molecule has 0 aliphatic carbocycles. The second kappa shape index (κ2) is 15.4. The predicted octanol–water partition coefficient (Wildman–Crippen LogP) is 13.3. The van der Waals surface area contributed by atoms with E-state index in [1.165, 1.54) is 21.6 Å². The van der Waals surface area contributed by atoms with Crippen LogP contribution in [0.5, 0.6) is 0 Å². The third kappa shape index (κ3) is 6.62. The molecule has 0 N–H and O–H groups in total. The zero-order chi connectivity index (χ0) is 41.2. The molecule has 9 rings (SSSR count). The monoisotopic (exact) mass is 927 g/mol. The summed E-state index contributed by atoms with van der Waals surface area (Å²) in [5.74, 6) is 1.54. The standard InChI is InChI=1S/C51H47N5.Pt/c1-33(2)41-20-14-21-42(34(3)4)50(41)37-27-28-52-49(29-37)56-45-22-9-8-19-43(45)44-26-25-40(31-48(44)56)55(51-35(5)15-12-16-36(51)6)39-18-13-17-38(30-39)54-32-53(7)46-23-10-11-24-47(46)54;/h8-29,33-34H,32H2,1-7H3;/q-2;+2/i7D3;. The van der Waals surface area contributed by atoms with Gasteiger partial charge in [-0.3, -0.25) is 0 Å². The summed E-state index contributed by atoms with van der Waals surface area (Å²) >= 11 is 0. The first-order valence-electron chi connectivity index (χ1n) is 21.0. The largest absolute Gasteiger partial charge is 2.00 e. The van der Waals surface area contributed by atoms with Crippen molar-refractivity contribution >= 4 is 55.9 Å². The Kier molecular flexibility index (Phi) is 9.33. The molecular weight excluding hydrogens is 878 g/mol. The number of benzene rings is 6. The third-order valence-corrected chi connectivity index (χ3v) is 11.2. The molecule has 6 heteroatoms. The Balaban J connectivity index is 0.00000499. The van der Waals surface area contributed by atoms with Crippen LogP contribution in [-0.2, 0) is 21.1 Å². The minimum Gasteiger partial charge on any atom is -0.358 e. The van der Waals surface area contributed by atoms with E-state index < -0.39 is 6.98 Å². The third-order valence-electron chi connectivity index (χ3n) is 11.2. The summed E-state index contributed by atoms with van der Waals surface area (Å²) in [6.07, 6.45) is 1.93. The fourth-order valence-electron chi connectivity index (χ4n) is 8.51. The van der Waals surface area contributed by atoms with Crippen LogP contribution in [0, 0.1) is 26.0 Å². The van der Waals surface area contributed by atoms with Gasteiger partial charge in [0.2, 0.25) is 0 Å². The number of aryl methyl sites for hydroxylation is 2. The van der Waals surface area contributed by atoms with E-state index in [4.69, 9.17) is 9.10 Å². The van der Waals surface area contributed by atoms with Gasteiger partial charge in [0.05, 0.1) is 18.0 Å². The maximum atomic E-state index is 8.29. The van der Waals surface area contributed by atoms with Crippen LogP contribution in [0.15, 0.2) is 134 Å². The summed E-state index contributed by atoms with van der Waals surface area (Å²) in [5.41, 5.74) is 14.3. The number of para-hydroxylation sites is 4. The number of hydrogen-bond donors (Lipinski definition) is 0. The molecule has 6 aromatic carbocycles. The van der Waals surface area contributed by atoms with E-state index in [1.54, 1.807) is 0 Å². The molecule has 0 saturated carbocycles. The van der Waals surface area contributed by atoms with Gasteiger partial charge in [0, 0.05) is 28.5 Å². The SMILES string of the molecule is [2H]C([2H])([2H])N1CN(c2[c-]c(N(c3[c-]c4c(cc3)c3ccccc3n4-c3cc(-c4c(C(C)C)cccc4C(C)C)ccn3)c3c(C)cccc3C)ccc2)c2ccccc21.[Pt+2]. The van der Waals surface area contributed by atoms with Gasteiger partial charge in [0.1, 0.15) is 5.82 Å². The molecule has 0 bridgehead atoms. The van der Waals surface area contributed by atoms with Gasteiger partial charge in [0.15, 0.2) is 0 Å². The molecule has 0 atom stereocenters. The summed E-state index contributed by atoms with van der Waals surface area (Å²) in [7, 11) is 0. The van der Waals surface area contributed by atoms with E-state index in [1.807, 2.05) is 47.5 Å². The number of fused-ring (bicyclic) bond motifs is 4. The average Bonchev–Trinajstić information content (AvgIpc) is 3.79. The number of anilines is 6. The topological polar surface area (TPSA) is 27.5 Å². The van der Waals surface area contributed by atoms with Crippen LogP contribution >= 0.6 is 0 Å². The fraction of sp³-hybridized carbons (Fsp3) is 0.196. The quantitative estimate of drug-likeness (QED) is 0.142. The van der Waals surface area contributed by atoms with Gasteiger partial charge >= 0.3 is 21.1 Å². The van der Waals surface area contributed by atoms with Crippen LogP contribution in [-0.4, -0.2) is 23.2 Å². The predicted molar refractivity (Wildman–Crippen MR) is 236 cm³/mol. The zero-order valence-electron chi connectivity index (χ0n) is 36.1. The van der Waals surface area contributed by atoms with Crippen molar-refractivity contribution in [2.45, 2.75) is 53.4 Å². The molecule has 8 aromatic rings. The van der Waals surface area contributed by atoms with Crippen LogP contribution in [0.4, 0.5) is 34.1 Å². The Bertz CT molecular complexity index is 2830. The second-order valence-electron chi connectivity index (χ2n) is 15.5. The molecule has 0 amide bonds. The Labute approximate surface area is 355 Å². The van der Waals surface area contributed by atoms with Crippen molar-refractivity contribution in [1.82, 2.24) is 9.55 Å². The number of rotatable bonds is 8. The number of hydrogen-bond acceptors (Lipinski definition) is 4. The average molecular weight is 928 g/mol. The maximum absolute atomic E-state index is 8.29. The van der Waals surface area contributed by atoms with Gasteiger partial charge in [-0.15, -0.1) is 35.7 Å². The number of aromatic nitrogens is 2. The minimum atomic E-state index is -2.29. The summed E-state index contributed by atoms with van der Waals surface area (Å²) < 4.78 is 27.1. The van der Waals surface area contributed by atoms with Crippen molar-refractivity contribution in [2.75, 3.05) is 28.3 Å². The van der Waals surface area contributed by atoms with Crippen LogP contribution in [0.2, 0.25) is 0 Å². The second-order valence-corrected chi connectivity index (χ2v) is 15.5.